The van der Waals surface area contributed by atoms with Gasteiger partial charge in [0, 0.05) is 5.02 Å². The number of thiophene rings is 1. The number of nitrogens with zero attached hydrogens (tertiary/aromatic N) is 2. The normalized spacial score (nSPS) is 10.9. The molecule has 0 aliphatic carbocycles. The molecule has 0 saturated carbocycles. The number of hydrogen-bond donors (Lipinski definition) is 1. The highest BCUT2D eigenvalue weighted by Crippen LogP contribution is 2.27. The van der Waals surface area contributed by atoms with E-state index in [2.05, 4.69) is 5.32 Å². The van der Waals surface area contributed by atoms with Crippen molar-refractivity contribution in [3.63, 3.8) is 0 Å². The summed E-state index contributed by atoms with van der Waals surface area (Å²) in [6.45, 7) is 1.54. The largest absolute Gasteiger partial charge is 0.495 e. The van der Waals surface area contributed by atoms with Crippen molar-refractivity contribution < 1.29 is 9.53 Å². The van der Waals surface area contributed by atoms with E-state index in [-0.39, 0.29) is 6.54 Å². The lowest BCUT2D eigenvalue weighted by atomic mass is 10.2. The third kappa shape index (κ3) is 3.87. The Balaban J connectivity index is 1.80. The van der Waals surface area contributed by atoms with Crippen LogP contribution in [0.2, 0.25) is 5.02 Å². The quantitative estimate of drug-likeness (QED) is 0.496. The van der Waals surface area contributed by atoms with Gasteiger partial charge in [0.15, 0.2) is 0 Å². The fourth-order valence-electron chi connectivity index (χ4n) is 3.38. The van der Waals surface area contributed by atoms with E-state index in [1.807, 2.05) is 19.1 Å². The van der Waals surface area contributed by atoms with E-state index in [0.29, 0.717) is 32.4 Å². The van der Waals surface area contributed by atoms with Gasteiger partial charge in [0.25, 0.3) is 5.56 Å². The Morgan fingerprint density at radius 2 is 1.94 bits per heavy atom. The molecule has 0 atom stereocenters. The molecule has 0 fully saturated rings. The first-order valence-electron chi connectivity index (χ1n) is 9.33. The molecule has 0 aliphatic heterocycles. The van der Waals surface area contributed by atoms with Crippen molar-refractivity contribution in [1.82, 2.24) is 9.13 Å². The Kier molecular flexibility index (Phi) is 5.67. The van der Waals surface area contributed by atoms with E-state index in [4.69, 9.17) is 16.3 Å². The van der Waals surface area contributed by atoms with Crippen molar-refractivity contribution >= 4 is 44.7 Å². The number of amides is 1. The second kappa shape index (κ2) is 8.41. The van der Waals surface area contributed by atoms with Crippen LogP contribution in [0.25, 0.3) is 15.9 Å². The Morgan fingerprint density at radius 1 is 1.16 bits per heavy atom. The maximum atomic E-state index is 13.3. The minimum Gasteiger partial charge on any atom is -0.495 e. The summed E-state index contributed by atoms with van der Waals surface area (Å²) in [5, 5.41) is 4.88. The third-order valence-electron chi connectivity index (χ3n) is 4.85. The Hall–Kier alpha value is -3.36. The molecular weight excluding hydrogens is 438 g/mol. The van der Waals surface area contributed by atoms with Crippen LogP contribution >= 0.6 is 22.9 Å². The van der Waals surface area contributed by atoms with Crippen molar-refractivity contribution in [2.75, 3.05) is 12.4 Å². The van der Waals surface area contributed by atoms with Gasteiger partial charge in [0.1, 0.15) is 17.0 Å². The highest BCUT2D eigenvalue weighted by molar-refractivity contribution is 7.17. The number of benzene rings is 2. The fourth-order valence-corrected chi connectivity index (χ4v) is 4.37. The predicted octanol–water partition coefficient (Wildman–Crippen LogP) is 3.82. The molecule has 2 aromatic carbocycles. The maximum absolute atomic E-state index is 13.3. The number of nitrogens with one attached hydrogen (secondary N) is 1. The Morgan fingerprint density at radius 3 is 2.68 bits per heavy atom. The lowest BCUT2D eigenvalue weighted by Gasteiger charge is -2.14. The van der Waals surface area contributed by atoms with Gasteiger partial charge in [-0.1, -0.05) is 29.8 Å². The van der Waals surface area contributed by atoms with Crippen LogP contribution in [0.1, 0.15) is 5.56 Å². The van der Waals surface area contributed by atoms with Gasteiger partial charge in [-0.3, -0.25) is 14.2 Å². The van der Waals surface area contributed by atoms with Crippen LogP contribution in [0.4, 0.5) is 5.69 Å². The van der Waals surface area contributed by atoms with Gasteiger partial charge in [0.2, 0.25) is 5.91 Å². The van der Waals surface area contributed by atoms with Gasteiger partial charge in [-0.25, -0.2) is 9.36 Å². The van der Waals surface area contributed by atoms with Gasteiger partial charge in [0.05, 0.1) is 24.0 Å². The zero-order valence-corrected chi connectivity index (χ0v) is 18.3. The Labute approximate surface area is 186 Å². The summed E-state index contributed by atoms with van der Waals surface area (Å²) in [5.74, 6) is -0.0131. The minimum atomic E-state index is -0.585. The second-order valence-corrected chi connectivity index (χ2v) is 8.18. The molecule has 158 valence electrons. The zero-order valence-electron chi connectivity index (χ0n) is 16.7. The maximum Gasteiger partial charge on any atom is 0.336 e. The lowest BCUT2D eigenvalue weighted by Crippen LogP contribution is -2.40. The standard InChI is InChI=1S/C22H18ClN3O4S/c1-13-5-3-4-6-16(13)26-21(28)20-17(9-10-31-20)25(22(26)29)12-19(27)24-15-11-14(23)7-8-18(15)30-2/h3-11H,12H2,1-2H3,(H,24,27). The fraction of sp³-hybridized carbons (Fsp3) is 0.136. The molecule has 0 saturated heterocycles. The zero-order chi connectivity index (χ0) is 22.1. The molecule has 2 heterocycles. The topological polar surface area (TPSA) is 82.3 Å². The molecule has 0 aliphatic rings. The van der Waals surface area contributed by atoms with Crippen molar-refractivity contribution in [2.45, 2.75) is 13.5 Å². The van der Waals surface area contributed by atoms with Crippen molar-refractivity contribution in [2.24, 2.45) is 0 Å². The van der Waals surface area contributed by atoms with Gasteiger partial charge in [-0.05, 0) is 48.2 Å². The SMILES string of the molecule is COc1ccc(Cl)cc1NC(=O)Cn1c(=O)n(-c2ccccc2C)c(=O)c2sccc21. The number of aromatic nitrogens is 2. The third-order valence-corrected chi connectivity index (χ3v) is 5.98. The van der Waals surface area contributed by atoms with E-state index in [1.54, 1.807) is 41.8 Å². The second-order valence-electron chi connectivity index (χ2n) is 6.82. The summed E-state index contributed by atoms with van der Waals surface area (Å²) >= 11 is 7.26. The summed E-state index contributed by atoms with van der Waals surface area (Å²) in [4.78, 5) is 39.2. The highest BCUT2D eigenvalue weighted by atomic mass is 35.5. The monoisotopic (exact) mass is 455 g/mol. The van der Waals surface area contributed by atoms with E-state index in [1.165, 1.54) is 23.0 Å². The smallest absolute Gasteiger partial charge is 0.336 e. The number of anilines is 1. The first-order chi connectivity index (χ1) is 14.9. The number of carbonyl (C=O) groups is 1. The summed E-state index contributed by atoms with van der Waals surface area (Å²) in [5.41, 5.74) is 1.08. The molecule has 7 nitrogen and oxygen atoms in total. The van der Waals surface area contributed by atoms with E-state index >= 15 is 0 Å². The number of hydrogen-bond acceptors (Lipinski definition) is 5. The van der Waals surface area contributed by atoms with Crippen LogP contribution in [0.3, 0.4) is 0 Å². The number of aryl methyl sites for hydroxylation is 1. The van der Waals surface area contributed by atoms with E-state index in [0.717, 1.165) is 10.1 Å². The highest BCUT2D eigenvalue weighted by Gasteiger charge is 2.19. The first-order valence-corrected chi connectivity index (χ1v) is 10.6. The molecule has 2 aromatic heterocycles. The molecule has 9 heteroatoms. The van der Waals surface area contributed by atoms with Gasteiger partial charge in [-0.2, -0.15) is 0 Å². The average molecular weight is 456 g/mol. The number of methoxy groups -OCH3 is 1. The number of ether oxygens (including phenoxy) is 1. The Bertz CT molecular complexity index is 1420. The molecule has 31 heavy (non-hydrogen) atoms. The summed E-state index contributed by atoms with van der Waals surface area (Å²) in [6.07, 6.45) is 0. The number of carbonyl (C=O) groups excluding carboxylic acids is 1. The lowest BCUT2D eigenvalue weighted by molar-refractivity contribution is -0.116. The number of fused-ring (bicyclic) bond motifs is 1. The molecule has 4 rings (SSSR count). The molecule has 0 bridgehead atoms. The number of rotatable bonds is 5. The summed E-state index contributed by atoms with van der Waals surface area (Å²) in [7, 11) is 1.48. The van der Waals surface area contributed by atoms with E-state index in [9.17, 15) is 14.4 Å². The molecule has 1 N–H and O–H groups in total. The van der Waals surface area contributed by atoms with Crippen LogP contribution in [0.5, 0.6) is 5.75 Å². The number of halogens is 1. The van der Waals surface area contributed by atoms with Crippen molar-refractivity contribution in [3.8, 4) is 11.4 Å². The molecular formula is C22H18ClN3O4S. The summed E-state index contributed by atoms with van der Waals surface area (Å²) < 4.78 is 8.06. The van der Waals surface area contributed by atoms with Crippen molar-refractivity contribution in [1.29, 1.82) is 0 Å². The van der Waals surface area contributed by atoms with Crippen LogP contribution < -0.4 is 21.3 Å². The molecule has 0 radical (unpaired) electrons. The molecule has 0 spiro atoms. The molecule has 1 amide bonds. The van der Waals surface area contributed by atoms with Crippen LogP contribution in [-0.2, 0) is 11.3 Å². The predicted molar refractivity (Wildman–Crippen MR) is 123 cm³/mol. The number of para-hydroxylation sites is 1. The van der Waals surface area contributed by atoms with Gasteiger partial charge >= 0.3 is 5.69 Å². The average Bonchev–Trinajstić information content (AvgIpc) is 3.23. The summed E-state index contributed by atoms with van der Waals surface area (Å²) in [6, 6.07) is 13.6. The van der Waals surface area contributed by atoms with Crippen molar-refractivity contribution in [3.05, 3.63) is 85.3 Å². The van der Waals surface area contributed by atoms with Gasteiger partial charge < -0.3 is 10.1 Å². The molecule has 4 aromatic rings. The van der Waals surface area contributed by atoms with Crippen LogP contribution in [0, 0.1) is 6.92 Å². The first kappa shape index (κ1) is 20.9. The van der Waals surface area contributed by atoms with Crippen LogP contribution in [0.15, 0.2) is 63.5 Å². The minimum absolute atomic E-state index is 0.284. The van der Waals surface area contributed by atoms with Crippen LogP contribution in [-0.4, -0.2) is 22.2 Å². The van der Waals surface area contributed by atoms with E-state index < -0.39 is 17.2 Å². The molecule has 0 unspecified atom stereocenters. The van der Waals surface area contributed by atoms with Gasteiger partial charge in [-0.15, -0.1) is 11.3 Å².